The number of hydrogen-bond acceptors (Lipinski definition) is 4. The highest BCUT2D eigenvalue weighted by Crippen LogP contribution is 2.29. The van der Waals surface area contributed by atoms with Crippen molar-refractivity contribution in [2.24, 2.45) is 0 Å². The summed E-state index contributed by atoms with van der Waals surface area (Å²) < 4.78 is 46.6. The van der Waals surface area contributed by atoms with E-state index in [0.717, 1.165) is 17.5 Å². The second-order valence-corrected chi connectivity index (χ2v) is 9.45. The lowest BCUT2D eigenvalue weighted by Gasteiger charge is -2.35. The van der Waals surface area contributed by atoms with Gasteiger partial charge in [-0.3, -0.25) is 4.90 Å². The Bertz CT molecular complexity index is 1030. The summed E-state index contributed by atoms with van der Waals surface area (Å²) >= 11 is 0. The first-order valence-electron chi connectivity index (χ1n) is 9.81. The molecule has 1 aliphatic carbocycles. The van der Waals surface area contributed by atoms with Crippen LogP contribution in [0.1, 0.15) is 23.1 Å². The second kappa shape index (κ2) is 8.26. The number of aryl methyl sites for hydroxylation is 1. The molecule has 0 aromatic heterocycles. The van der Waals surface area contributed by atoms with E-state index in [1.54, 1.807) is 10.4 Å². The van der Waals surface area contributed by atoms with Crippen molar-refractivity contribution in [3.05, 3.63) is 69.9 Å². The van der Waals surface area contributed by atoms with Crippen LogP contribution < -0.4 is 4.74 Å². The maximum absolute atomic E-state index is 13.9. The van der Waals surface area contributed by atoms with Crippen molar-refractivity contribution in [1.29, 1.82) is 0 Å². The zero-order valence-corrected chi connectivity index (χ0v) is 17.3. The summed E-state index contributed by atoms with van der Waals surface area (Å²) in [6.45, 7) is 2.72. The van der Waals surface area contributed by atoms with E-state index >= 15 is 0 Å². The van der Waals surface area contributed by atoms with Crippen LogP contribution in [0.4, 0.5) is 4.39 Å². The summed E-state index contributed by atoms with van der Waals surface area (Å²) in [5.74, 6) is -0.150. The van der Waals surface area contributed by atoms with E-state index in [0.29, 0.717) is 44.0 Å². The van der Waals surface area contributed by atoms with Gasteiger partial charge in [-0.2, -0.15) is 4.31 Å². The number of allylic oxidation sites excluding steroid dienone is 1. The maximum atomic E-state index is 13.9. The van der Waals surface area contributed by atoms with Gasteiger partial charge in [-0.25, -0.2) is 12.8 Å². The van der Waals surface area contributed by atoms with Crippen LogP contribution in [0.25, 0.3) is 6.08 Å². The smallest absolute Gasteiger partial charge is 0.239 e. The van der Waals surface area contributed by atoms with Crippen LogP contribution in [0, 0.1) is 5.82 Å². The number of sulfonamides is 1. The third kappa shape index (κ3) is 4.22. The number of benzene rings is 2. The lowest BCUT2D eigenvalue weighted by molar-refractivity contribution is 0.182. The lowest BCUT2D eigenvalue weighted by Crippen LogP contribution is -2.48. The summed E-state index contributed by atoms with van der Waals surface area (Å²) in [6.07, 6.45) is 3.12. The Morgan fingerprint density at radius 2 is 1.79 bits per heavy atom. The monoisotopic (exact) mass is 416 g/mol. The zero-order chi connectivity index (χ0) is 20.4. The molecule has 5 nitrogen and oxygen atoms in total. The summed E-state index contributed by atoms with van der Waals surface area (Å²) in [6, 6.07) is 12.9. The van der Waals surface area contributed by atoms with E-state index in [4.69, 9.17) is 4.74 Å². The largest absolute Gasteiger partial charge is 0.494 e. The molecule has 0 radical (unpaired) electrons. The SMILES string of the molecule is COc1ccc(CN2CCN(S(=O)(=O)C3=Cc4ccccc4CC3)CC2)cc1F. The van der Waals surface area contributed by atoms with Crippen molar-refractivity contribution in [1.82, 2.24) is 9.21 Å². The van der Waals surface area contributed by atoms with Gasteiger partial charge in [0.15, 0.2) is 11.6 Å². The number of halogens is 1. The van der Waals surface area contributed by atoms with Gasteiger partial charge in [0, 0.05) is 32.7 Å². The van der Waals surface area contributed by atoms with Crippen LogP contribution in [0.3, 0.4) is 0 Å². The Balaban J connectivity index is 1.40. The van der Waals surface area contributed by atoms with Crippen molar-refractivity contribution in [3.8, 4) is 5.75 Å². The minimum Gasteiger partial charge on any atom is -0.494 e. The molecule has 2 aromatic carbocycles. The Morgan fingerprint density at radius 1 is 1.03 bits per heavy atom. The molecule has 1 saturated heterocycles. The van der Waals surface area contributed by atoms with Gasteiger partial charge in [0.05, 0.1) is 12.0 Å². The second-order valence-electron chi connectivity index (χ2n) is 7.46. The molecule has 0 bridgehead atoms. The molecule has 2 aliphatic rings. The Morgan fingerprint density at radius 3 is 2.52 bits per heavy atom. The quantitative estimate of drug-likeness (QED) is 0.751. The predicted molar refractivity (Wildman–Crippen MR) is 111 cm³/mol. The molecule has 0 N–H and O–H groups in total. The van der Waals surface area contributed by atoms with Crippen LogP contribution >= 0.6 is 0 Å². The molecule has 0 atom stereocenters. The van der Waals surface area contributed by atoms with Gasteiger partial charge in [-0.1, -0.05) is 30.3 Å². The van der Waals surface area contributed by atoms with Crippen molar-refractivity contribution < 1.29 is 17.5 Å². The van der Waals surface area contributed by atoms with Crippen LogP contribution in [-0.2, 0) is 23.0 Å². The fourth-order valence-electron chi connectivity index (χ4n) is 3.97. The normalized spacial score (nSPS) is 18.2. The number of hydrogen-bond donors (Lipinski definition) is 0. The van der Waals surface area contributed by atoms with Crippen molar-refractivity contribution in [2.45, 2.75) is 19.4 Å². The average Bonchev–Trinajstić information content (AvgIpc) is 2.74. The molecule has 4 rings (SSSR count). The molecule has 29 heavy (non-hydrogen) atoms. The molecular weight excluding hydrogens is 391 g/mol. The summed E-state index contributed by atoms with van der Waals surface area (Å²) in [7, 11) is -2.01. The molecule has 0 spiro atoms. The molecule has 1 aliphatic heterocycles. The van der Waals surface area contributed by atoms with Crippen LogP contribution in [0.5, 0.6) is 5.75 Å². The van der Waals surface area contributed by atoms with Gasteiger partial charge in [0.2, 0.25) is 10.0 Å². The van der Waals surface area contributed by atoms with E-state index in [1.807, 2.05) is 30.3 Å². The summed E-state index contributed by atoms with van der Waals surface area (Å²) in [5.41, 5.74) is 3.05. The standard InChI is InChI=1S/C22H25FN2O3S/c1-28-22-9-6-17(14-21(22)23)16-24-10-12-25(13-11-24)29(26,27)20-8-7-18-4-2-3-5-19(18)15-20/h2-6,9,14-15H,7-8,10-13,16H2,1H3. The molecule has 0 amide bonds. The third-order valence-electron chi connectivity index (χ3n) is 5.64. The molecule has 7 heteroatoms. The highest BCUT2D eigenvalue weighted by molar-refractivity contribution is 7.93. The number of fused-ring (bicyclic) bond motifs is 1. The first kappa shape index (κ1) is 20.1. The lowest BCUT2D eigenvalue weighted by atomic mass is 9.98. The van der Waals surface area contributed by atoms with Gasteiger partial charge in [-0.05, 0) is 47.7 Å². The Labute approximate surface area is 171 Å². The number of piperazine rings is 1. The van der Waals surface area contributed by atoms with E-state index in [9.17, 15) is 12.8 Å². The van der Waals surface area contributed by atoms with Crippen LogP contribution in [0.2, 0.25) is 0 Å². The fourth-order valence-corrected chi connectivity index (χ4v) is 5.58. The highest BCUT2D eigenvalue weighted by atomic mass is 32.2. The van der Waals surface area contributed by atoms with E-state index in [2.05, 4.69) is 11.0 Å². The van der Waals surface area contributed by atoms with E-state index in [-0.39, 0.29) is 11.6 Å². The predicted octanol–water partition coefficient (Wildman–Crippen LogP) is 3.27. The summed E-state index contributed by atoms with van der Waals surface area (Å²) in [4.78, 5) is 2.65. The van der Waals surface area contributed by atoms with Gasteiger partial charge >= 0.3 is 0 Å². The first-order valence-corrected chi connectivity index (χ1v) is 11.2. The molecule has 1 heterocycles. The van der Waals surface area contributed by atoms with Crippen molar-refractivity contribution >= 4 is 16.1 Å². The number of ether oxygens (including phenoxy) is 1. The molecular formula is C22H25FN2O3S. The van der Waals surface area contributed by atoms with Gasteiger partial charge in [-0.15, -0.1) is 0 Å². The van der Waals surface area contributed by atoms with Gasteiger partial charge in [0.1, 0.15) is 0 Å². The van der Waals surface area contributed by atoms with Crippen LogP contribution in [-0.4, -0.2) is 50.9 Å². The number of rotatable bonds is 5. The minimum atomic E-state index is -3.45. The molecule has 0 saturated carbocycles. The van der Waals surface area contributed by atoms with Crippen molar-refractivity contribution in [3.63, 3.8) is 0 Å². The number of methoxy groups -OCH3 is 1. The Hall–Kier alpha value is -2.22. The highest BCUT2D eigenvalue weighted by Gasteiger charge is 2.31. The molecule has 2 aromatic rings. The molecule has 0 unspecified atom stereocenters. The first-order chi connectivity index (χ1) is 14.0. The maximum Gasteiger partial charge on any atom is 0.239 e. The van der Waals surface area contributed by atoms with Gasteiger partial charge < -0.3 is 4.74 Å². The minimum absolute atomic E-state index is 0.229. The summed E-state index contributed by atoms with van der Waals surface area (Å²) in [5, 5.41) is 0. The van der Waals surface area contributed by atoms with Crippen molar-refractivity contribution in [2.75, 3.05) is 33.3 Å². The topological polar surface area (TPSA) is 49.9 Å². The third-order valence-corrected chi connectivity index (χ3v) is 7.67. The molecule has 1 fully saturated rings. The van der Waals surface area contributed by atoms with Crippen LogP contribution in [0.15, 0.2) is 47.4 Å². The molecule has 154 valence electrons. The van der Waals surface area contributed by atoms with E-state index in [1.165, 1.54) is 18.7 Å². The van der Waals surface area contributed by atoms with E-state index < -0.39 is 10.0 Å². The fraction of sp³-hybridized carbons (Fsp3) is 0.364. The number of nitrogens with zero attached hydrogens (tertiary/aromatic N) is 2. The average molecular weight is 417 g/mol. The Kier molecular flexibility index (Phi) is 5.72. The zero-order valence-electron chi connectivity index (χ0n) is 16.5. The van der Waals surface area contributed by atoms with Gasteiger partial charge in [0.25, 0.3) is 0 Å².